The van der Waals surface area contributed by atoms with Crippen molar-refractivity contribution < 1.29 is 28.9 Å². The Balaban J connectivity index is 0.000000280. The van der Waals surface area contributed by atoms with Gasteiger partial charge in [-0.2, -0.15) is 14.0 Å². The van der Waals surface area contributed by atoms with E-state index in [0.29, 0.717) is 0 Å². The van der Waals surface area contributed by atoms with Crippen LogP contribution < -0.4 is 14.0 Å². The summed E-state index contributed by atoms with van der Waals surface area (Å²) in [5, 5.41) is 0. The van der Waals surface area contributed by atoms with Crippen molar-refractivity contribution in [3.05, 3.63) is 36.0 Å². The number of hydrogen-bond donors (Lipinski definition) is 1. The first-order valence-corrected chi connectivity index (χ1v) is 6.18. The molecule has 0 atom stereocenters. The van der Waals surface area contributed by atoms with Crippen LogP contribution in [0.4, 0.5) is 5.69 Å². The Bertz CT molecular complexity index is 460. The van der Waals surface area contributed by atoms with Gasteiger partial charge in [0, 0.05) is 37.6 Å². The van der Waals surface area contributed by atoms with E-state index in [2.05, 4.69) is 17.3 Å². The lowest BCUT2D eigenvalue weighted by atomic mass is 10.1. The minimum atomic E-state index is -4.69. The normalized spacial score (nSPS) is 15.1. The zero-order chi connectivity index (χ0) is 13.8. The minimum absolute atomic E-state index is 1.07. The minimum Gasteiger partial charge on any atom is -0.383 e. The van der Waals surface area contributed by atoms with Crippen molar-refractivity contribution in [2.45, 2.75) is 0 Å². The molecule has 6 nitrogen and oxygen atoms in total. The Morgan fingerprint density at radius 1 is 1.22 bits per heavy atom. The number of rotatable bonds is 1. The highest BCUT2D eigenvalue weighted by Gasteiger charge is 2.10. The van der Waals surface area contributed by atoms with Gasteiger partial charge in [-0.05, 0) is 6.07 Å². The molecule has 1 N–H and O–H groups in total. The number of nitrogens with zero attached hydrogens (tertiary/aromatic N) is 2. The zero-order valence-electron chi connectivity index (χ0n) is 9.91. The molecule has 1 aromatic carbocycles. The van der Waals surface area contributed by atoms with Gasteiger partial charge in [-0.25, -0.2) is 0 Å². The SMILES string of the molecule is CN(C)/C=C1\C=Nc2ccccc21.[O-][Cl+3]([O-])([O-])O. The molecular formula is C11H13ClN2O4. The topological polar surface area (TPSA) is 105 Å². The smallest absolute Gasteiger partial charge is 0.0777 e. The van der Waals surface area contributed by atoms with E-state index >= 15 is 0 Å². The summed E-state index contributed by atoms with van der Waals surface area (Å²) < 4.78 is 32.7. The fourth-order valence-electron chi connectivity index (χ4n) is 1.42. The average Bonchev–Trinajstić information content (AvgIpc) is 2.59. The number of aliphatic imine (C=N–C) groups is 1. The van der Waals surface area contributed by atoms with Crippen molar-refractivity contribution in [3.63, 3.8) is 0 Å². The molecule has 1 aliphatic rings. The third-order valence-corrected chi connectivity index (χ3v) is 1.96. The molecule has 0 aromatic heterocycles. The molecule has 98 valence electrons. The van der Waals surface area contributed by atoms with Crippen LogP contribution in [-0.4, -0.2) is 29.9 Å². The highest BCUT2D eigenvalue weighted by molar-refractivity contribution is 6.16. The van der Waals surface area contributed by atoms with Gasteiger partial charge in [0.1, 0.15) is 0 Å². The maximum atomic E-state index is 8.60. The summed E-state index contributed by atoms with van der Waals surface area (Å²) in [6, 6.07) is 8.17. The first kappa shape index (κ1) is 14.6. The maximum absolute atomic E-state index is 8.60. The number of benzene rings is 1. The van der Waals surface area contributed by atoms with Crippen LogP contribution in [0.5, 0.6) is 0 Å². The fraction of sp³-hybridized carbons (Fsp3) is 0.182. The summed E-state index contributed by atoms with van der Waals surface area (Å²) in [5.74, 6) is 0. The highest BCUT2D eigenvalue weighted by atomic mass is 35.7. The monoisotopic (exact) mass is 272 g/mol. The van der Waals surface area contributed by atoms with E-state index in [0.717, 1.165) is 5.69 Å². The molecule has 0 radical (unpaired) electrons. The summed E-state index contributed by atoms with van der Waals surface area (Å²) >= 11 is 0. The second kappa shape index (κ2) is 5.94. The fourth-order valence-corrected chi connectivity index (χ4v) is 1.42. The van der Waals surface area contributed by atoms with Gasteiger partial charge >= 0.3 is 0 Å². The molecule has 2 rings (SSSR count). The highest BCUT2D eigenvalue weighted by Crippen LogP contribution is 2.30. The van der Waals surface area contributed by atoms with Crippen molar-refractivity contribution >= 4 is 17.5 Å². The van der Waals surface area contributed by atoms with Crippen LogP contribution in [0.1, 0.15) is 5.56 Å². The average molecular weight is 273 g/mol. The van der Waals surface area contributed by atoms with E-state index in [9.17, 15) is 0 Å². The Hall–Kier alpha value is -1.44. The van der Waals surface area contributed by atoms with Crippen LogP contribution in [0.3, 0.4) is 0 Å². The third kappa shape index (κ3) is 5.26. The summed E-state index contributed by atoms with van der Waals surface area (Å²) in [5.41, 5.74) is 3.47. The summed E-state index contributed by atoms with van der Waals surface area (Å²) in [4.78, 5) is 6.34. The van der Waals surface area contributed by atoms with E-state index < -0.39 is 10.2 Å². The molecule has 0 amide bonds. The van der Waals surface area contributed by atoms with Crippen LogP contribution in [-0.2, 0) is 0 Å². The van der Waals surface area contributed by atoms with Crippen LogP contribution in [0.2, 0.25) is 0 Å². The number of para-hydroxylation sites is 1. The largest absolute Gasteiger partial charge is 0.383 e. The second-order valence-electron chi connectivity index (χ2n) is 3.72. The Morgan fingerprint density at radius 2 is 1.78 bits per heavy atom. The first-order valence-electron chi connectivity index (χ1n) is 4.92. The van der Waals surface area contributed by atoms with E-state index in [4.69, 9.17) is 18.6 Å². The molecule has 1 aromatic rings. The summed E-state index contributed by atoms with van der Waals surface area (Å²) in [7, 11) is -0.663. The van der Waals surface area contributed by atoms with Crippen molar-refractivity contribution in [2.24, 2.45) is 4.99 Å². The first-order chi connectivity index (χ1) is 8.27. The van der Waals surface area contributed by atoms with Gasteiger partial charge in [0.05, 0.1) is 20.6 Å². The van der Waals surface area contributed by atoms with Gasteiger partial charge in [-0.1, -0.05) is 18.2 Å². The number of halogens is 1. The molecule has 18 heavy (non-hydrogen) atoms. The van der Waals surface area contributed by atoms with Gasteiger partial charge in [0.15, 0.2) is 0 Å². The molecule has 0 aliphatic carbocycles. The molecule has 0 unspecified atom stereocenters. The van der Waals surface area contributed by atoms with Gasteiger partial charge in [-0.3, -0.25) is 4.99 Å². The predicted octanol–water partition coefficient (Wildman–Crippen LogP) is -1.82. The van der Waals surface area contributed by atoms with Crippen LogP contribution >= 0.6 is 0 Å². The van der Waals surface area contributed by atoms with Crippen LogP contribution in [0.15, 0.2) is 35.5 Å². The van der Waals surface area contributed by atoms with E-state index in [1.807, 2.05) is 43.4 Å². The van der Waals surface area contributed by atoms with E-state index in [1.165, 1.54) is 11.1 Å². The molecule has 0 bridgehead atoms. The van der Waals surface area contributed by atoms with E-state index in [1.54, 1.807) is 0 Å². The molecule has 0 spiro atoms. The van der Waals surface area contributed by atoms with Gasteiger partial charge in [0.2, 0.25) is 0 Å². The standard InChI is InChI=1S/C11H12N2.ClHO4/c1-13(2)8-9-7-12-11-6-4-3-5-10(9)11;2-1(3,4)5/h3-8H,1-2H3;(H,2,3,4,5)/b9-8+;. The number of allylic oxidation sites excluding steroid dienone is 1. The zero-order valence-corrected chi connectivity index (χ0v) is 10.7. The summed E-state index contributed by atoms with van der Waals surface area (Å²) in [6.45, 7) is 0. The molecule has 0 saturated heterocycles. The number of hydrogen-bond acceptors (Lipinski definition) is 6. The van der Waals surface area contributed by atoms with Crippen molar-refractivity contribution in [3.8, 4) is 0 Å². The Morgan fingerprint density at radius 3 is 2.33 bits per heavy atom. The lowest BCUT2D eigenvalue weighted by Gasteiger charge is -2.06. The predicted molar refractivity (Wildman–Crippen MR) is 58.5 cm³/mol. The second-order valence-corrected chi connectivity index (χ2v) is 4.51. The van der Waals surface area contributed by atoms with Crippen molar-refractivity contribution in [1.29, 1.82) is 0 Å². The van der Waals surface area contributed by atoms with Crippen LogP contribution in [0, 0.1) is 10.2 Å². The van der Waals surface area contributed by atoms with Gasteiger partial charge < -0.3 is 4.90 Å². The molecule has 1 heterocycles. The third-order valence-electron chi connectivity index (χ3n) is 1.96. The lowest BCUT2D eigenvalue weighted by Crippen LogP contribution is -2.58. The molecule has 0 fully saturated rings. The van der Waals surface area contributed by atoms with E-state index in [-0.39, 0.29) is 0 Å². The van der Waals surface area contributed by atoms with Crippen LogP contribution in [0.25, 0.3) is 5.57 Å². The van der Waals surface area contributed by atoms with Crippen molar-refractivity contribution in [2.75, 3.05) is 14.1 Å². The molecule has 7 heteroatoms. The van der Waals surface area contributed by atoms with Crippen molar-refractivity contribution in [1.82, 2.24) is 4.90 Å². The lowest BCUT2D eigenvalue weighted by molar-refractivity contribution is -1.92. The summed E-state index contributed by atoms with van der Waals surface area (Å²) in [6.07, 6.45) is 3.99. The maximum Gasteiger partial charge on any atom is 0.0777 e. The molecule has 1 aliphatic heterocycles. The molecular weight excluding hydrogens is 260 g/mol. The van der Waals surface area contributed by atoms with Gasteiger partial charge in [0.25, 0.3) is 0 Å². The Labute approximate surface area is 107 Å². The quantitative estimate of drug-likeness (QED) is 0.648. The Kier molecular flexibility index (Phi) is 4.83. The molecule has 0 saturated carbocycles. The van der Waals surface area contributed by atoms with Gasteiger partial charge in [-0.15, -0.1) is 0 Å². The number of fused-ring (bicyclic) bond motifs is 1.